The molecule has 2 saturated carbocycles. The summed E-state index contributed by atoms with van der Waals surface area (Å²) in [5.74, 6) is 0.204. The molecule has 4 rings (SSSR count). The molecule has 1 unspecified atom stereocenters. The Hall–Kier alpha value is -2.63. The maximum absolute atomic E-state index is 13.1. The van der Waals surface area contributed by atoms with Gasteiger partial charge in [0, 0.05) is 17.1 Å². The Balaban J connectivity index is 1.44. The fourth-order valence-corrected chi connectivity index (χ4v) is 5.75. The first kappa shape index (κ1) is 26.4. The standard InChI is InChI=1S/C27H34ClN5O2S/c1-16(31-20-13-18(28)14-30-24(20)27(2,3)15-29)22-10-11-23(36-22)26(35)33-21(12-17-6-4-5-7-17)25(34)32-19-8-9-19/h10-11,13-14,16-17,19,21,31H,4-9,12H2,1-3H3,(H,32,34)(H,33,35)/t16?,21-/m0/s1. The van der Waals surface area contributed by atoms with Crippen molar-refractivity contribution in [2.45, 2.75) is 89.3 Å². The van der Waals surface area contributed by atoms with E-state index in [-0.39, 0.29) is 23.9 Å². The Morgan fingerprint density at radius 2 is 1.97 bits per heavy atom. The molecule has 2 amide bonds. The van der Waals surface area contributed by atoms with E-state index in [1.54, 1.807) is 18.3 Å². The fourth-order valence-electron chi connectivity index (χ4n) is 4.68. The summed E-state index contributed by atoms with van der Waals surface area (Å²) in [6.45, 7) is 5.62. The molecule has 9 heteroatoms. The Bertz CT molecular complexity index is 1150. The summed E-state index contributed by atoms with van der Waals surface area (Å²) >= 11 is 7.58. The van der Waals surface area contributed by atoms with E-state index in [0.717, 1.165) is 30.6 Å². The minimum Gasteiger partial charge on any atom is -0.376 e. The van der Waals surface area contributed by atoms with Crippen LogP contribution in [0.15, 0.2) is 24.4 Å². The maximum Gasteiger partial charge on any atom is 0.262 e. The zero-order chi connectivity index (χ0) is 25.9. The summed E-state index contributed by atoms with van der Waals surface area (Å²) in [5, 5.41) is 19.6. The molecule has 0 bridgehead atoms. The Morgan fingerprint density at radius 3 is 2.64 bits per heavy atom. The number of rotatable bonds is 10. The average Bonchev–Trinajstić information content (AvgIpc) is 3.29. The van der Waals surface area contributed by atoms with Crippen molar-refractivity contribution in [2.24, 2.45) is 5.92 Å². The van der Waals surface area contributed by atoms with Gasteiger partial charge in [0.1, 0.15) is 6.04 Å². The van der Waals surface area contributed by atoms with E-state index in [1.807, 2.05) is 26.8 Å². The molecule has 0 spiro atoms. The van der Waals surface area contributed by atoms with Gasteiger partial charge in [-0.2, -0.15) is 5.26 Å². The normalized spacial score (nSPS) is 17.8. The summed E-state index contributed by atoms with van der Waals surface area (Å²) in [5.41, 5.74) is 0.518. The van der Waals surface area contributed by atoms with E-state index in [9.17, 15) is 14.9 Å². The summed E-state index contributed by atoms with van der Waals surface area (Å²) < 4.78 is 0. The largest absolute Gasteiger partial charge is 0.376 e. The van der Waals surface area contributed by atoms with Crippen LogP contribution in [0.2, 0.25) is 5.02 Å². The van der Waals surface area contributed by atoms with Crippen molar-refractivity contribution in [3.63, 3.8) is 0 Å². The number of hydrogen-bond donors (Lipinski definition) is 3. The lowest BCUT2D eigenvalue weighted by Gasteiger charge is -2.22. The van der Waals surface area contributed by atoms with Crippen LogP contribution in [0, 0.1) is 17.2 Å². The molecule has 2 aromatic heterocycles. The number of anilines is 1. The lowest BCUT2D eigenvalue weighted by molar-refractivity contribution is -0.123. The second-order valence-electron chi connectivity index (χ2n) is 10.5. The van der Waals surface area contributed by atoms with Gasteiger partial charge in [-0.3, -0.25) is 14.6 Å². The van der Waals surface area contributed by atoms with Crippen molar-refractivity contribution in [1.29, 1.82) is 5.26 Å². The molecule has 36 heavy (non-hydrogen) atoms. The number of halogens is 1. The highest BCUT2D eigenvalue weighted by molar-refractivity contribution is 7.14. The molecule has 0 aliphatic heterocycles. The van der Waals surface area contributed by atoms with Crippen molar-refractivity contribution in [2.75, 3.05) is 5.32 Å². The molecule has 7 nitrogen and oxygen atoms in total. The highest BCUT2D eigenvalue weighted by atomic mass is 35.5. The highest BCUT2D eigenvalue weighted by Gasteiger charge is 2.31. The predicted octanol–water partition coefficient (Wildman–Crippen LogP) is 5.73. The second kappa shape index (κ2) is 11.2. The van der Waals surface area contributed by atoms with Crippen molar-refractivity contribution in [3.05, 3.63) is 44.9 Å². The monoisotopic (exact) mass is 527 g/mol. The summed E-state index contributed by atoms with van der Waals surface area (Å²) in [7, 11) is 0. The number of carbonyl (C=O) groups excluding carboxylic acids is 2. The Labute approximate surface area is 222 Å². The van der Waals surface area contributed by atoms with E-state index in [4.69, 9.17) is 11.6 Å². The van der Waals surface area contributed by atoms with E-state index >= 15 is 0 Å². The number of aromatic nitrogens is 1. The molecule has 192 valence electrons. The average molecular weight is 528 g/mol. The first-order valence-corrected chi connectivity index (χ1v) is 13.9. The number of carbonyl (C=O) groups is 2. The van der Waals surface area contributed by atoms with E-state index < -0.39 is 11.5 Å². The van der Waals surface area contributed by atoms with Gasteiger partial charge in [-0.25, -0.2) is 0 Å². The van der Waals surface area contributed by atoms with Gasteiger partial charge in [-0.1, -0.05) is 37.3 Å². The molecule has 2 aliphatic rings. The predicted molar refractivity (Wildman–Crippen MR) is 143 cm³/mol. The van der Waals surface area contributed by atoms with Gasteiger partial charge < -0.3 is 16.0 Å². The van der Waals surface area contributed by atoms with Crippen LogP contribution in [-0.4, -0.2) is 28.9 Å². The van der Waals surface area contributed by atoms with Gasteiger partial charge in [0.05, 0.1) is 38.8 Å². The number of hydrogen-bond acceptors (Lipinski definition) is 6. The number of amides is 2. The summed E-state index contributed by atoms with van der Waals surface area (Å²) in [4.78, 5) is 31.9. The second-order valence-corrected chi connectivity index (χ2v) is 12.1. The number of pyridine rings is 1. The molecule has 2 aliphatic carbocycles. The van der Waals surface area contributed by atoms with Crippen LogP contribution in [0.5, 0.6) is 0 Å². The zero-order valence-electron chi connectivity index (χ0n) is 21.1. The molecule has 2 atom stereocenters. The van der Waals surface area contributed by atoms with Crippen molar-refractivity contribution in [3.8, 4) is 6.07 Å². The summed E-state index contributed by atoms with van der Waals surface area (Å²) in [6, 6.07) is 7.39. The van der Waals surface area contributed by atoms with Crippen LogP contribution >= 0.6 is 22.9 Å². The maximum atomic E-state index is 13.1. The third-order valence-corrected chi connectivity index (χ3v) is 8.44. The van der Waals surface area contributed by atoms with Crippen LogP contribution < -0.4 is 16.0 Å². The minimum atomic E-state index is -0.789. The van der Waals surface area contributed by atoms with Crippen molar-refractivity contribution < 1.29 is 9.59 Å². The van der Waals surface area contributed by atoms with Gasteiger partial charge in [0.2, 0.25) is 5.91 Å². The van der Waals surface area contributed by atoms with Crippen LogP contribution in [0.25, 0.3) is 0 Å². The first-order valence-electron chi connectivity index (χ1n) is 12.7. The molecule has 0 radical (unpaired) electrons. The van der Waals surface area contributed by atoms with Gasteiger partial charge >= 0.3 is 0 Å². The molecule has 0 saturated heterocycles. The zero-order valence-corrected chi connectivity index (χ0v) is 22.6. The van der Waals surface area contributed by atoms with E-state index in [0.29, 0.717) is 33.6 Å². The number of thiophene rings is 1. The van der Waals surface area contributed by atoms with Crippen molar-refractivity contribution in [1.82, 2.24) is 15.6 Å². The van der Waals surface area contributed by atoms with Crippen LogP contribution in [-0.2, 0) is 10.2 Å². The molecular formula is C27H34ClN5O2S. The minimum absolute atomic E-state index is 0.0642. The molecule has 2 aromatic rings. The molecule has 2 heterocycles. The SMILES string of the molecule is CC(Nc1cc(Cl)cnc1C(C)(C)C#N)c1ccc(C(=O)N[C@@H](CC2CCCC2)C(=O)NC2CC2)s1. The Morgan fingerprint density at radius 1 is 1.25 bits per heavy atom. The lowest BCUT2D eigenvalue weighted by Crippen LogP contribution is -2.48. The third kappa shape index (κ3) is 6.57. The summed E-state index contributed by atoms with van der Waals surface area (Å²) in [6.07, 6.45) is 8.92. The molecular weight excluding hydrogens is 494 g/mol. The smallest absolute Gasteiger partial charge is 0.262 e. The third-order valence-electron chi connectivity index (χ3n) is 6.96. The number of nitrogens with one attached hydrogen (secondary N) is 3. The van der Waals surface area contributed by atoms with Crippen molar-refractivity contribution >= 4 is 40.4 Å². The first-order chi connectivity index (χ1) is 17.2. The van der Waals surface area contributed by atoms with Crippen LogP contribution in [0.1, 0.15) is 92.0 Å². The van der Waals surface area contributed by atoms with Gasteiger partial charge in [-0.15, -0.1) is 11.3 Å². The van der Waals surface area contributed by atoms with Crippen LogP contribution in [0.3, 0.4) is 0 Å². The van der Waals surface area contributed by atoms with E-state index in [1.165, 1.54) is 24.2 Å². The Kier molecular flexibility index (Phi) is 8.21. The lowest BCUT2D eigenvalue weighted by atomic mass is 9.89. The van der Waals surface area contributed by atoms with Gasteiger partial charge in [-0.05, 0) is 64.2 Å². The van der Waals surface area contributed by atoms with Crippen LogP contribution in [0.4, 0.5) is 5.69 Å². The quantitative estimate of drug-likeness (QED) is 0.366. The topological polar surface area (TPSA) is 107 Å². The van der Waals surface area contributed by atoms with Gasteiger partial charge in [0.25, 0.3) is 5.91 Å². The molecule has 3 N–H and O–H groups in total. The molecule has 0 aromatic carbocycles. The van der Waals surface area contributed by atoms with Gasteiger partial charge in [0.15, 0.2) is 0 Å². The number of nitriles is 1. The molecule has 2 fully saturated rings. The number of nitrogens with zero attached hydrogens (tertiary/aromatic N) is 2. The highest BCUT2D eigenvalue weighted by Crippen LogP contribution is 2.34. The van der Waals surface area contributed by atoms with E-state index in [2.05, 4.69) is 27.0 Å². The fraction of sp³-hybridized carbons (Fsp3) is 0.556.